The standard InChI is InChI=1S/C13H25N/c1-3-8-12(9-4-2)14-13-10-6-5-7-11-13/h5-6,12-14H,3-4,7-11H2,1-2H3. The molecule has 0 bridgehead atoms. The maximum absolute atomic E-state index is 3.81. The highest BCUT2D eigenvalue weighted by molar-refractivity contribution is 4.93. The Bertz CT molecular complexity index is 157. The van der Waals surface area contributed by atoms with Gasteiger partial charge >= 0.3 is 0 Å². The topological polar surface area (TPSA) is 12.0 Å². The Labute approximate surface area is 89.0 Å². The van der Waals surface area contributed by atoms with Crippen LogP contribution in [-0.2, 0) is 0 Å². The minimum Gasteiger partial charge on any atom is -0.311 e. The van der Waals surface area contributed by atoms with Crippen molar-refractivity contribution < 1.29 is 0 Å². The molecule has 0 heterocycles. The van der Waals surface area contributed by atoms with E-state index in [-0.39, 0.29) is 0 Å². The van der Waals surface area contributed by atoms with Crippen LogP contribution in [0.15, 0.2) is 12.2 Å². The summed E-state index contributed by atoms with van der Waals surface area (Å²) in [6.45, 7) is 4.57. The van der Waals surface area contributed by atoms with E-state index < -0.39 is 0 Å². The van der Waals surface area contributed by atoms with Gasteiger partial charge in [0.25, 0.3) is 0 Å². The number of nitrogens with one attached hydrogen (secondary N) is 1. The van der Waals surface area contributed by atoms with E-state index in [1.807, 2.05) is 0 Å². The zero-order valence-corrected chi connectivity index (χ0v) is 9.76. The van der Waals surface area contributed by atoms with Crippen molar-refractivity contribution in [2.24, 2.45) is 0 Å². The predicted molar refractivity (Wildman–Crippen MR) is 63.5 cm³/mol. The first kappa shape index (κ1) is 11.8. The summed E-state index contributed by atoms with van der Waals surface area (Å²) < 4.78 is 0. The van der Waals surface area contributed by atoms with Gasteiger partial charge in [0.2, 0.25) is 0 Å². The highest BCUT2D eigenvalue weighted by atomic mass is 14.9. The van der Waals surface area contributed by atoms with E-state index in [4.69, 9.17) is 0 Å². The van der Waals surface area contributed by atoms with E-state index in [0.717, 1.165) is 12.1 Å². The molecule has 0 fully saturated rings. The largest absolute Gasteiger partial charge is 0.311 e. The second kappa shape index (κ2) is 7.05. The summed E-state index contributed by atoms with van der Waals surface area (Å²) in [7, 11) is 0. The SMILES string of the molecule is CCCC(CCC)NC1CC=CCC1. The summed E-state index contributed by atoms with van der Waals surface area (Å²) in [5.74, 6) is 0. The first-order valence-corrected chi connectivity index (χ1v) is 6.27. The summed E-state index contributed by atoms with van der Waals surface area (Å²) in [5, 5.41) is 3.81. The fourth-order valence-corrected chi connectivity index (χ4v) is 2.29. The van der Waals surface area contributed by atoms with Crippen LogP contribution >= 0.6 is 0 Å². The Morgan fingerprint density at radius 2 is 1.93 bits per heavy atom. The molecular formula is C13H25N. The molecule has 0 amide bonds. The molecule has 0 radical (unpaired) electrons. The summed E-state index contributed by atoms with van der Waals surface area (Å²) in [6, 6.07) is 1.52. The number of allylic oxidation sites excluding steroid dienone is 1. The molecule has 14 heavy (non-hydrogen) atoms. The van der Waals surface area contributed by atoms with Crippen molar-refractivity contribution in [2.45, 2.75) is 70.9 Å². The van der Waals surface area contributed by atoms with Gasteiger partial charge in [-0.25, -0.2) is 0 Å². The van der Waals surface area contributed by atoms with Crippen molar-refractivity contribution in [3.63, 3.8) is 0 Å². The smallest absolute Gasteiger partial charge is 0.0107 e. The van der Waals surface area contributed by atoms with E-state index >= 15 is 0 Å². The second-order valence-corrected chi connectivity index (χ2v) is 4.42. The van der Waals surface area contributed by atoms with Gasteiger partial charge in [0.05, 0.1) is 0 Å². The monoisotopic (exact) mass is 195 g/mol. The molecule has 0 aliphatic heterocycles. The van der Waals surface area contributed by atoms with Gasteiger partial charge in [-0.15, -0.1) is 0 Å². The van der Waals surface area contributed by atoms with Crippen LogP contribution in [0.2, 0.25) is 0 Å². The van der Waals surface area contributed by atoms with Crippen LogP contribution in [0.4, 0.5) is 0 Å². The average molecular weight is 195 g/mol. The third kappa shape index (κ3) is 4.28. The Morgan fingerprint density at radius 1 is 1.21 bits per heavy atom. The van der Waals surface area contributed by atoms with Crippen LogP contribution in [0.1, 0.15) is 58.8 Å². The average Bonchev–Trinajstić information content (AvgIpc) is 2.20. The summed E-state index contributed by atoms with van der Waals surface area (Å²) in [6.07, 6.45) is 13.8. The van der Waals surface area contributed by atoms with Gasteiger partial charge in [-0.05, 0) is 32.1 Å². The van der Waals surface area contributed by atoms with E-state index in [0.29, 0.717) is 0 Å². The molecule has 0 saturated heterocycles. The molecular weight excluding hydrogens is 170 g/mol. The molecule has 0 aromatic heterocycles. The predicted octanol–water partition coefficient (Wildman–Crippen LogP) is 3.65. The third-order valence-electron chi connectivity index (χ3n) is 3.01. The van der Waals surface area contributed by atoms with Crippen LogP contribution in [0, 0.1) is 0 Å². The molecule has 0 saturated carbocycles. The zero-order chi connectivity index (χ0) is 10.2. The van der Waals surface area contributed by atoms with Crippen molar-refractivity contribution >= 4 is 0 Å². The second-order valence-electron chi connectivity index (χ2n) is 4.42. The number of rotatable bonds is 6. The highest BCUT2D eigenvalue weighted by Crippen LogP contribution is 2.14. The van der Waals surface area contributed by atoms with Crippen molar-refractivity contribution in [1.29, 1.82) is 0 Å². The molecule has 0 spiro atoms. The Balaban J connectivity index is 2.26. The number of hydrogen-bond donors (Lipinski definition) is 1. The van der Waals surface area contributed by atoms with Gasteiger partial charge in [0, 0.05) is 12.1 Å². The van der Waals surface area contributed by atoms with Gasteiger partial charge in [0.15, 0.2) is 0 Å². The molecule has 1 unspecified atom stereocenters. The lowest BCUT2D eigenvalue weighted by atomic mass is 9.98. The summed E-state index contributed by atoms with van der Waals surface area (Å²) in [5.41, 5.74) is 0. The van der Waals surface area contributed by atoms with Gasteiger partial charge in [-0.3, -0.25) is 0 Å². The van der Waals surface area contributed by atoms with Crippen LogP contribution in [-0.4, -0.2) is 12.1 Å². The van der Waals surface area contributed by atoms with E-state index in [9.17, 15) is 0 Å². The summed E-state index contributed by atoms with van der Waals surface area (Å²) in [4.78, 5) is 0. The normalized spacial score (nSPS) is 21.8. The minimum absolute atomic E-state index is 0.753. The van der Waals surface area contributed by atoms with Crippen LogP contribution in [0.25, 0.3) is 0 Å². The fraction of sp³-hybridized carbons (Fsp3) is 0.846. The lowest BCUT2D eigenvalue weighted by molar-refractivity contribution is 0.366. The molecule has 0 aromatic rings. The first-order chi connectivity index (χ1) is 6.86. The fourth-order valence-electron chi connectivity index (χ4n) is 2.29. The molecule has 1 aliphatic rings. The molecule has 1 rings (SSSR count). The van der Waals surface area contributed by atoms with Crippen LogP contribution < -0.4 is 5.32 Å². The van der Waals surface area contributed by atoms with E-state index in [1.165, 1.54) is 44.9 Å². The lowest BCUT2D eigenvalue weighted by Gasteiger charge is -2.26. The molecule has 1 atom stereocenters. The van der Waals surface area contributed by atoms with Crippen molar-refractivity contribution in [3.05, 3.63) is 12.2 Å². The van der Waals surface area contributed by atoms with Gasteiger partial charge in [-0.2, -0.15) is 0 Å². The third-order valence-corrected chi connectivity index (χ3v) is 3.01. The van der Waals surface area contributed by atoms with Crippen LogP contribution in [0.5, 0.6) is 0 Å². The lowest BCUT2D eigenvalue weighted by Crippen LogP contribution is -2.38. The van der Waals surface area contributed by atoms with Crippen molar-refractivity contribution in [3.8, 4) is 0 Å². The minimum atomic E-state index is 0.753. The summed E-state index contributed by atoms with van der Waals surface area (Å²) >= 11 is 0. The molecule has 1 aliphatic carbocycles. The Kier molecular flexibility index (Phi) is 5.93. The highest BCUT2D eigenvalue weighted by Gasteiger charge is 2.14. The van der Waals surface area contributed by atoms with Crippen molar-refractivity contribution in [2.75, 3.05) is 0 Å². The number of hydrogen-bond acceptors (Lipinski definition) is 1. The van der Waals surface area contributed by atoms with Gasteiger partial charge in [-0.1, -0.05) is 38.8 Å². The zero-order valence-electron chi connectivity index (χ0n) is 9.76. The Hall–Kier alpha value is -0.300. The molecule has 1 heteroatoms. The maximum Gasteiger partial charge on any atom is 0.0107 e. The first-order valence-electron chi connectivity index (χ1n) is 6.27. The Morgan fingerprint density at radius 3 is 2.43 bits per heavy atom. The maximum atomic E-state index is 3.81. The van der Waals surface area contributed by atoms with Crippen LogP contribution in [0.3, 0.4) is 0 Å². The van der Waals surface area contributed by atoms with Gasteiger partial charge < -0.3 is 5.32 Å². The molecule has 1 N–H and O–H groups in total. The molecule has 0 aromatic carbocycles. The van der Waals surface area contributed by atoms with E-state index in [1.54, 1.807) is 0 Å². The molecule has 82 valence electrons. The van der Waals surface area contributed by atoms with E-state index in [2.05, 4.69) is 31.3 Å². The quantitative estimate of drug-likeness (QED) is 0.638. The van der Waals surface area contributed by atoms with Crippen molar-refractivity contribution in [1.82, 2.24) is 5.32 Å². The molecule has 1 nitrogen and oxygen atoms in total. The van der Waals surface area contributed by atoms with Gasteiger partial charge in [0.1, 0.15) is 0 Å².